The number of halogens is 1. The minimum Gasteiger partial charge on any atom is -0.359 e. The SMILES string of the molecule is CCC(CC(=O)NC)c1ccccc1F. The van der Waals surface area contributed by atoms with Crippen molar-refractivity contribution in [2.24, 2.45) is 0 Å². The van der Waals surface area contributed by atoms with Gasteiger partial charge in [0.1, 0.15) is 5.82 Å². The fourth-order valence-corrected chi connectivity index (χ4v) is 1.61. The quantitative estimate of drug-likeness (QED) is 0.810. The maximum absolute atomic E-state index is 13.4. The molecular weight excluding hydrogens is 193 g/mol. The maximum Gasteiger partial charge on any atom is 0.220 e. The van der Waals surface area contributed by atoms with E-state index in [9.17, 15) is 9.18 Å². The normalized spacial score (nSPS) is 12.2. The predicted octanol–water partition coefficient (Wildman–Crippen LogP) is 2.46. The van der Waals surface area contributed by atoms with Gasteiger partial charge in [0.2, 0.25) is 5.91 Å². The Balaban J connectivity index is 2.83. The van der Waals surface area contributed by atoms with Crippen molar-refractivity contribution in [1.29, 1.82) is 0 Å². The van der Waals surface area contributed by atoms with Gasteiger partial charge in [0, 0.05) is 13.5 Å². The van der Waals surface area contributed by atoms with Crippen LogP contribution in [-0.4, -0.2) is 13.0 Å². The van der Waals surface area contributed by atoms with Gasteiger partial charge in [-0.3, -0.25) is 4.79 Å². The molecule has 1 aromatic carbocycles. The van der Waals surface area contributed by atoms with Crippen LogP contribution in [0.2, 0.25) is 0 Å². The Hall–Kier alpha value is -1.38. The van der Waals surface area contributed by atoms with Gasteiger partial charge in [-0.2, -0.15) is 0 Å². The first-order valence-electron chi connectivity index (χ1n) is 5.14. The Morgan fingerprint density at radius 3 is 2.67 bits per heavy atom. The predicted molar refractivity (Wildman–Crippen MR) is 58.1 cm³/mol. The summed E-state index contributed by atoms with van der Waals surface area (Å²) in [6.45, 7) is 1.96. The van der Waals surface area contributed by atoms with Crippen molar-refractivity contribution >= 4 is 5.91 Å². The second-order valence-corrected chi connectivity index (χ2v) is 3.50. The average molecular weight is 209 g/mol. The summed E-state index contributed by atoms with van der Waals surface area (Å²) in [5, 5.41) is 2.56. The molecule has 0 aromatic heterocycles. The summed E-state index contributed by atoms with van der Waals surface area (Å²) in [5.41, 5.74) is 0.628. The Kier molecular flexibility index (Phi) is 4.28. The second-order valence-electron chi connectivity index (χ2n) is 3.50. The van der Waals surface area contributed by atoms with Gasteiger partial charge >= 0.3 is 0 Å². The van der Waals surface area contributed by atoms with Gasteiger partial charge in [-0.1, -0.05) is 25.1 Å². The third-order valence-corrected chi connectivity index (χ3v) is 2.55. The lowest BCUT2D eigenvalue weighted by Crippen LogP contribution is -2.20. The summed E-state index contributed by atoms with van der Waals surface area (Å²) in [5.74, 6) is -0.315. The molecule has 2 nitrogen and oxygen atoms in total. The first-order chi connectivity index (χ1) is 7.19. The minimum absolute atomic E-state index is 0.0360. The zero-order valence-electron chi connectivity index (χ0n) is 9.09. The fourth-order valence-electron chi connectivity index (χ4n) is 1.61. The number of benzene rings is 1. The van der Waals surface area contributed by atoms with E-state index >= 15 is 0 Å². The van der Waals surface area contributed by atoms with Gasteiger partial charge in [-0.15, -0.1) is 0 Å². The highest BCUT2D eigenvalue weighted by molar-refractivity contribution is 5.76. The van der Waals surface area contributed by atoms with E-state index in [1.165, 1.54) is 6.07 Å². The molecule has 0 aliphatic heterocycles. The number of hydrogen-bond acceptors (Lipinski definition) is 1. The van der Waals surface area contributed by atoms with E-state index in [1.807, 2.05) is 6.92 Å². The number of hydrogen-bond donors (Lipinski definition) is 1. The van der Waals surface area contributed by atoms with Crippen molar-refractivity contribution in [3.05, 3.63) is 35.6 Å². The second kappa shape index (κ2) is 5.49. The number of nitrogens with one attached hydrogen (secondary N) is 1. The molecule has 1 atom stereocenters. The molecule has 3 heteroatoms. The number of carbonyl (C=O) groups is 1. The lowest BCUT2D eigenvalue weighted by atomic mass is 9.92. The van der Waals surface area contributed by atoms with E-state index in [4.69, 9.17) is 0 Å². The molecule has 1 aromatic rings. The lowest BCUT2D eigenvalue weighted by Gasteiger charge is -2.14. The van der Waals surface area contributed by atoms with Crippen LogP contribution in [0.5, 0.6) is 0 Å². The van der Waals surface area contributed by atoms with Gasteiger partial charge in [0.25, 0.3) is 0 Å². The first-order valence-corrected chi connectivity index (χ1v) is 5.14. The van der Waals surface area contributed by atoms with E-state index < -0.39 is 0 Å². The van der Waals surface area contributed by atoms with Gasteiger partial charge < -0.3 is 5.32 Å². The highest BCUT2D eigenvalue weighted by Gasteiger charge is 2.16. The molecule has 1 N–H and O–H groups in total. The summed E-state index contributed by atoms with van der Waals surface area (Å²) in [7, 11) is 1.59. The van der Waals surface area contributed by atoms with Crippen LogP contribution in [0.3, 0.4) is 0 Å². The van der Waals surface area contributed by atoms with Crippen LogP contribution in [0.4, 0.5) is 4.39 Å². The molecule has 1 unspecified atom stereocenters. The van der Waals surface area contributed by atoms with Crippen molar-refractivity contribution in [3.63, 3.8) is 0 Å². The summed E-state index contributed by atoms with van der Waals surface area (Å²) >= 11 is 0. The molecule has 0 saturated carbocycles. The van der Waals surface area contributed by atoms with Crippen molar-refractivity contribution in [2.45, 2.75) is 25.7 Å². The Bertz CT molecular complexity index is 338. The molecule has 15 heavy (non-hydrogen) atoms. The first kappa shape index (κ1) is 11.7. The molecule has 0 aliphatic carbocycles. The van der Waals surface area contributed by atoms with E-state index in [0.29, 0.717) is 12.0 Å². The van der Waals surface area contributed by atoms with Crippen LogP contribution < -0.4 is 5.32 Å². The molecule has 0 saturated heterocycles. The highest BCUT2D eigenvalue weighted by Crippen LogP contribution is 2.25. The summed E-state index contributed by atoms with van der Waals surface area (Å²) in [6, 6.07) is 6.63. The monoisotopic (exact) mass is 209 g/mol. The zero-order valence-corrected chi connectivity index (χ0v) is 9.09. The van der Waals surface area contributed by atoms with Crippen LogP contribution in [0.25, 0.3) is 0 Å². The van der Waals surface area contributed by atoms with Crippen LogP contribution >= 0.6 is 0 Å². The summed E-state index contributed by atoms with van der Waals surface area (Å²) in [4.78, 5) is 11.2. The van der Waals surface area contributed by atoms with E-state index in [1.54, 1.807) is 25.2 Å². The summed E-state index contributed by atoms with van der Waals surface area (Å²) < 4.78 is 13.4. The Morgan fingerprint density at radius 2 is 2.13 bits per heavy atom. The van der Waals surface area contributed by atoms with Crippen LogP contribution in [0, 0.1) is 5.82 Å². The molecule has 0 aliphatic rings. The van der Waals surface area contributed by atoms with Crippen LogP contribution in [0.1, 0.15) is 31.2 Å². The lowest BCUT2D eigenvalue weighted by molar-refractivity contribution is -0.121. The summed E-state index contributed by atoms with van der Waals surface area (Å²) in [6.07, 6.45) is 1.10. The molecule has 0 fully saturated rings. The van der Waals surface area contributed by atoms with Crippen molar-refractivity contribution in [1.82, 2.24) is 5.32 Å². The molecule has 0 heterocycles. The van der Waals surface area contributed by atoms with Gasteiger partial charge in [-0.05, 0) is 24.0 Å². The van der Waals surface area contributed by atoms with Crippen molar-refractivity contribution in [2.75, 3.05) is 7.05 Å². The van der Waals surface area contributed by atoms with Crippen molar-refractivity contribution < 1.29 is 9.18 Å². The molecule has 0 radical (unpaired) electrons. The zero-order chi connectivity index (χ0) is 11.3. The average Bonchev–Trinajstić information content (AvgIpc) is 2.26. The molecule has 1 amide bonds. The minimum atomic E-state index is -0.228. The van der Waals surface area contributed by atoms with E-state index in [0.717, 1.165) is 6.42 Å². The smallest absolute Gasteiger partial charge is 0.220 e. The molecule has 0 bridgehead atoms. The molecular formula is C12H16FNO. The third-order valence-electron chi connectivity index (χ3n) is 2.55. The molecule has 1 rings (SSSR count). The van der Waals surface area contributed by atoms with Gasteiger partial charge in [0.05, 0.1) is 0 Å². The molecule has 82 valence electrons. The van der Waals surface area contributed by atoms with Gasteiger partial charge in [-0.25, -0.2) is 4.39 Å². The third kappa shape index (κ3) is 3.05. The van der Waals surface area contributed by atoms with E-state index in [2.05, 4.69) is 5.32 Å². The Labute approximate surface area is 89.5 Å². The van der Waals surface area contributed by atoms with Crippen LogP contribution in [-0.2, 0) is 4.79 Å². The largest absolute Gasteiger partial charge is 0.359 e. The Morgan fingerprint density at radius 1 is 1.47 bits per heavy atom. The van der Waals surface area contributed by atoms with E-state index in [-0.39, 0.29) is 17.6 Å². The van der Waals surface area contributed by atoms with Crippen LogP contribution in [0.15, 0.2) is 24.3 Å². The standard InChI is InChI=1S/C12H16FNO/c1-3-9(8-12(15)14-2)10-6-4-5-7-11(10)13/h4-7,9H,3,8H2,1-2H3,(H,14,15). The number of carbonyl (C=O) groups excluding carboxylic acids is 1. The fraction of sp³-hybridized carbons (Fsp3) is 0.417. The topological polar surface area (TPSA) is 29.1 Å². The highest BCUT2D eigenvalue weighted by atomic mass is 19.1. The van der Waals surface area contributed by atoms with Gasteiger partial charge in [0.15, 0.2) is 0 Å². The maximum atomic E-state index is 13.4. The van der Waals surface area contributed by atoms with Crippen molar-refractivity contribution in [3.8, 4) is 0 Å². The number of rotatable bonds is 4. The number of amides is 1. The molecule has 0 spiro atoms.